The highest BCUT2D eigenvalue weighted by Crippen LogP contribution is 2.11. The van der Waals surface area contributed by atoms with E-state index in [2.05, 4.69) is 5.32 Å². The van der Waals surface area contributed by atoms with Crippen LogP contribution >= 0.6 is 0 Å². The van der Waals surface area contributed by atoms with Gasteiger partial charge in [0.25, 0.3) is 0 Å². The van der Waals surface area contributed by atoms with E-state index >= 15 is 0 Å². The molecule has 0 spiro atoms. The number of nitrogens with one attached hydrogen (secondary N) is 1. The van der Waals surface area contributed by atoms with Crippen LogP contribution in [0.3, 0.4) is 0 Å². The Bertz CT molecular complexity index is 326. The molecule has 4 heteroatoms. The van der Waals surface area contributed by atoms with Crippen LogP contribution in [0.25, 0.3) is 0 Å². The number of carbonyl (C=O) groups is 1. The average molecular weight is 208 g/mol. The molecule has 1 rings (SSSR count). The fourth-order valence-corrected chi connectivity index (χ4v) is 1.12. The van der Waals surface area contributed by atoms with Gasteiger partial charge in [-0.25, -0.2) is 0 Å². The molecule has 0 aliphatic heterocycles. The van der Waals surface area contributed by atoms with Crippen molar-refractivity contribution in [2.45, 2.75) is 13.3 Å². The zero-order chi connectivity index (χ0) is 11.1. The lowest BCUT2D eigenvalue weighted by atomic mass is 10.3. The number of nitrogen functional groups attached to an aromatic ring is 1. The number of carbonyl (C=O) groups excluding carboxylic acids is 1. The van der Waals surface area contributed by atoms with Gasteiger partial charge in [0.1, 0.15) is 6.61 Å². The maximum absolute atomic E-state index is 11.3. The molecule has 0 radical (unpaired) electrons. The monoisotopic (exact) mass is 208 g/mol. The molecule has 0 saturated carbocycles. The van der Waals surface area contributed by atoms with Gasteiger partial charge in [-0.15, -0.1) is 0 Å². The maximum atomic E-state index is 11.3. The van der Waals surface area contributed by atoms with Gasteiger partial charge >= 0.3 is 0 Å². The molecule has 4 nitrogen and oxygen atoms in total. The summed E-state index contributed by atoms with van der Waals surface area (Å²) >= 11 is 0. The molecular formula is C11H16N2O2. The van der Waals surface area contributed by atoms with E-state index in [1.54, 1.807) is 24.3 Å². The molecular weight excluding hydrogens is 192 g/mol. The van der Waals surface area contributed by atoms with Gasteiger partial charge in [0, 0.05) is 18.0 Å². The third-order valence-corrected chi connectivity index (χ3v) is 1.75. The second-order valence-corrected chi connectivity index (χ2v) is 3.23. The highest BCUT2D eigenvalue weighted by Gasteiger charge is 2.01. The third-order valence-electron chi connectivity index (χ3n) is 1.75. The lowest BCUT2D eigenvalue weighted by Crippen LogP contribution is -2.18. The normalized spacial score (nSPS) is 9.93. The Kier molecular flexibility index (Phi) is 4.63. The SMILES string of the molecule is CCCOCC(=O)Nc1cccc(N)c1. The summed E-state index contributed by atoms with van der Waals surface area (Å²) in [6.45, 7) is 2.68. The molecule has 0 aliphatic rings. The van der Waals surface area contributed by atoms with E-state index in [0.717, 1.165) is 6.42 Å². The summed E-state index contributed by atoms with van der Waals surface area (Å²) in [5, 5.41) is 2.70. The number of nitrogens with two attached hydrogens (primary N) is 1. The molecule has 0 unspecified atom stereocenters. The second kappa shape index (κ2) is 6.03. The van der Waals surface area contributed by atoms with Crippen LogP contribution in [0.1, 0.15) is 13.3 Å². The van der Waals surface area contributed by atoms with E-state index in [-0.39, 0.29) is 12.5 Å². The van der Waals surface area contributed by atoms with Crippen molar-refractivity contribution < 1.29 is 9.53 Å². The first kappa shape index (κ1) is 11.5. The Balaban J connectivity index is 2.37. The molecule has 82 valence electrons. The van der Waals surface area contributed by atoms with E-state index in [1.165, 1.54) is 0 Å². The highest BCUT2D eigenvalue weighted by molar-refractivity contribution is 5.92. The topological polar surface area (TPSA) is 64.3 Å². The highest BCUT2D eigenvalue weighted by atomic mass is 16.5. The molecule has 1 aromatic carbocycles. The minimum atomic E-state index is -0.158. The first-order valence-electron chi connectivity index (χ1n) is 4.95. The van der Waals surface area contributed by atoms with Crippen molar-refractivity contribution in [2.75, 3.05) is 24.3 Å². The fourth-order valence-electron chi connectivity index (χ4n) is 1.12. The van der Waals surface area contributed by atoms with Gasteiger partial charge in [-0.3, -0.25) is 4.79 Å². The Labute approximate surface area is 89.4 Å². The largest absolute Gasteiger partial charge is 0.399 e. The van der Waals surface area contributed by atoms with Gasteiger partial charge in [0.2, 0.25) is 5.91 Å². The Morgan fingerprint density at radius 3 is 3.00 bits per heavy atom. The molecule has 1 aromatic rings. The summed E-state index contributed by atoms with van der Waals surface area (Å²) in [6.07, 6.45) is 0.908. The van der Waals surface area contributed by atoms with E-state index in [1.807, 2.05) is 6.92 Å². The van der Waals surface area contributed by atoms with Crippen LogP contribution in [0.5, 0.6) is 0 Å². The Morgan fingerprint density at radius 2 is 2.33 bits per heavy atom. The maximum Gasteiger partial charge on any atom is 0.250 e. The van der Waals surface area contributed by atoms with Crippen molar-refractivity contribution in [3.8, 4) is 0 Å². The molecule has 0 fully saturated rings. The van der Waals surface area contributed by atoms with E-state index < -0.39 is 0 Å². The number of anilines is 2. The number of rotatable bonds is 5. The molecule has 0 saturated heterocycles. The number of ether oxygens (including phenoxy) is 1. The van der Waals surface area contributed by atoms with Gasteiger partial charge in [0.05, 0.1) is 0 Å². The van der Waals surface area contributed by atoms with Crippen LogP contribution in [0.2, 0.25) is 0 Å². The Morgan fingerprint density at radius 1 is 1.53 bits per heavy atom. The number of hydrogen-bond donors (Lipinski definition) is 2. The van der Waals surface area contributed by atoms with E-state index in [4.69, 9.17) is 10.5 Å². The summed E-state index contributed by atoms with van der Waals surface area (Å²) < 4.78 is 5.10. The van der Waals surface area contributed by atoms with Crippen LogP contribution in [0, 0.1) is 0 Å². The summed E-state index contributed by atoms with van der Waals surface area (Å²) in [5.74, 6) is -0.158. The average Bonchev–Trinajstić information content (AvgIpc) is 2.18. The van der Waals surface area contributed by atoms with Crippen molar-refractivity contribution in [1.82, 2.24) is 0 Å². The van der Waals surface area contributed by atoms with Crippen molar-refractivity contribution >= 4 is 17.3 Å². The lowest BCUT2D eigenvalue weighted by Gasteiger charge is -2.05. The van der Waals surface area contributed by atoms with E-state index in [9.17, 15) is 4.79 Å². The van der Waals surface area contributed by atoms with Crippen LogP contribution in [-0.4, -0.2) is 19.1 Å². The molecule has 0 aromatic heterocycles. The van der Waals surface area contributed by atoms with E-state index in [0.29, 0.717) is 18.0 Å². The summed E-state index contributed by atoms with van der Waals surface area (Å²) in [6, 6.07) is 7.05. The summed E-state index contributed by atoms with van der Waals surface area (Å²) in [4.78, 5) is 11.3. The van der Waals surface area contributed by atoms with Crippen molar-refractivity contribution in [3.63, 3.8) is 0 Å². The second-order valence-electron chi connectivity index (χ2n) is 3.23. The van der Waals surface area contributed by atoms with Gasteiger partial charge in [-0.2, -0.15) is 0 Å². The standard InChI is InChI=1S/C11H16N2O2/c1-2-6-15-8-11(14)13-10-5-3-4-9(12)7-10/h3-5,7H,2,6,8,12H2,1H3,(H,13,14). The van der Waals surface area contributed by atoms with Crippen molar-refractivity contribution in [2.24, 2.45) is 0 Å². The van der Waals surface area contributed by atoms with Gasteiger partial charge in [0.15, 0.2) is 0 Å². The predicted octanol–water partition coefficient (Wildman–Crippen LogP) is 1.63. The van der Waals surface area contributed by atoms with Crippen molar-refractivity contribution in [3.05, 3.63) is 24.3 Å². The lowest BCUT2D eigenvalue weighted by molar-refractivity contribution is -0.120. The Hall–Kier alpha value is -1.55. The molecule has 1 amide bonds. The fraction of sp³-hybridized carbons (Fsp3) is 0.364. The minimum Gasteiger partial charge on any atom is -0.399 e. The smallest absolute Gasteiger partial charge is 0.250 e. The van der Waals surface area contributed by atoms with Crippen molar-refractivity contribution in [1.29, 1.82) is 0 Å². The van der Waals surface area contributed by atoms with Crippen LogP contribution < -0.4 is 11.1 Å². The third kappa shape index (κ3) is 4.46. The molecule has 0 bridgehead atoms. The molecule has 0 atom stereocenters. The minimum absolute atomic E-state index is 0.0860. The first-order chi connectivity index (χ1) is 7.22. The molecule has 15 heavy (non-hydrogen) atoms. The molecule has 0 heterocycles. The zero-order valence-electron chi connectivity index (χ0n) is 8.82. The van der Waals surface area contributed by atoms with Crippen LogP contribution in [-0.2, 0) is 9.53 Å². The number of hydrogen-bond acceptors (Lipinski definition) is 3. The van der Waals surface area contributed by atoms with Gasteiger partial charge in [-0.05, 0) is 24.6 Å². The summed E-state index contributed by atoms with van der Waals surface area (Å²) in [7, 11) is 0. The zero-order valence-corrected chi connectivity index (χ0v) is 8.82. The first-order valence-corrected chi connectivity index (χ1v) is 4.95. The van der Waals surface area contributed by atoms with Crippen LogP contribution in [0.15, 0.2) is 24.3 Å². The van der Waals surface area contributed by atoms with Gasteiger partial charge < -0.3 is 15.8 Å². The molecule has 0 aliphatic carbocycles. The molecule has 3 N–H and O–H groups in total. The quantitative estimate of drug-likeness (QED) is 0.571. The number of benzene rings is 1. The van der Waals surface area contributed by atoms with Gasteiger partial charge in [-0.1, -0.05) is 13.0 Å². The van der Waals surface area contributed by atoms with Crippen LogP contribution in [0.4, 0.5) is 11.4 Å². The summed E-state index contributed by atoms with van der Waals surface area (Å²) in [5.41, 5.74) is 6.90. The number of amides is 1. The predicted molar refractivity (Wildman–Crippen MR) is 60.6 cm³/mol.